The number of aliphatic hydroxyl groups is 1. The first kappa shape index (κ1) is 16.8. The fourth-order valence-electron chi connectivity index (χ4n) is 3.54. The van der Waals surface area contributed by atoms with Crippen LogP contribution in [-0.2, 0) is 11.2 Å². The van der Waals surface area contributed by atoms with Gasteiger partial charge in [-0.05, 0) is 54.2 Å². The summed E-state index contributed by atoms with van der Waals surface area (Å²) < 4.78 is 5.32. The fourth-order valence-corrected chi connectivity index (χ4v) is 3.54. The third kappa shape index (κ3) is 3.39. The zero-order chi connectivity index (χ0) is 17.1. The van der Waals surface area contributed by atoms with E-state index in [0.29, 0.717) is 13.0 Å². The monoisotopic (exact) mass is 327 g/mol. The van der Waals surface area contributed by atoms with Gasteiger partial charge in [0.1, 0.15) is 5.75 Å². The topological polar surface area (TPSA) is 49.8 Å². The Morgan fingerprint density at radius 2 is 2.12 bits per heavy atom. The predicted octanol–water partition coefficient (Wildman–Crippen LogP) is 3.01. The van der Waals surface area contributed by atoms with Crippen LogP contribution in [0.5, 0.6) is 5.75 Å². The lowest BCUT2D eigenvalue weighted by atomic mass is 9.93. The van der Waals surface area contributed by atoms with Crippen molar-refractivity contribution in [2.75, 3.05) is 20.3 Å². The Bertz CT molecular complexity index is 728. The Morgan fingerprint density at radius 3 is 2.88 bits per heavy atom. The average Bonchev–Trinajstić information content (AvgIpc) is 2.62. The normalized spacial score (nSPS) is 21.0. The Labute approximate surface area is 143 Å². The number of aliphatic hydroxyl groups excluding tert-OH is 1. The first-order chi connectivity index (χ1) is 11.6. The van der Waals surface area contributed by atoms with Gasteiger partial charge >= 0.3 is 0 Å². The van der Waals surface area contributed by atoms with Crippen molar-refractivity contribution in [3.05, 3.63) is 42.0 Å². The quantitative estimate of drug-likeness (QED) is 0.939. The van der Waals surface area contributed by atoms with Crippen LogP contribution in [0.4, 0.5) is 0 Å². The smallest absolute Gasteiger partial charge is 0.227 e. The Morgan fingerprint density at radius 1 is 1.29 bits per heavy atom. The van der Waals surface area contributed by atoms with E-state index in [1.54, 1.807) is 7.11 Å². The Hall–Kier alpha value is -2.07. The highest BCUT2D eigenvalue weighted by Gasteiger charge is 2.28. The summed E-state index contributed by atoms with van der Waals surface area (Å²) in [4.78, 5) is 14.8. The van der Waals surface area contributed by atoms with Crippen molar-refractivity contribution in [2.24, 2.45) is 5.92 Å². The molecule has 0 aromatic heterocycles. The first-order valence-corrected chi connectivity index (χ1v) is 8.58. The number of likely N-dealkylation sites (tertiary alicyclic amines) is 1. The minimum Gasteiger partial charge on any atom is -0.497 e. The average molecular weight is 327 g/mol. The molecule has 2 aromatic rings. The molecule has 0 spiro atoms. The highest BCUT2D eigenvalue weighted by atomic mass is 16.5. The largest absolute Gasteiger partial charge is 0.497 e. The summed E-state index contributed by atoms with van der Waals surface area (Å²) in [5.74, 6) is 1.14. The minimum absolute atomic E-state index is 0.135. The van der Waals surface area contributed by atoms with Crippen LogP contribution in [0.1, 0.15) is 25.3 Å². The molecule has 2 atom stereocenters. The molecule has 3 rings (SSSR count). The number of nitrogens with zero attached hydrogens (tertiary/aromatic N) is 1. The maximum Gasteiger partial charge on any atom is 0.227 e. The van der Waals surface area contributed by atoms with E-state index in [1.807, 2.05) is 41.3 Å². The fraction of sp³-hybridized carbons (Fsp3) is 0.450. The van der Waals surface area contributed by atoms with Crippen LogP contribution in [0.2, 0.25) is 0 Å². The number of ether oxygens (including phenoxy) is 1. The van der Waals surface area contributed by atoms with Crippen LogP contribution < -0.4 is 4.74 Å². The number of piperidine rings is 1. The molecule has 2 aromatic carbocycles. The standard InChI is InChI=1S/C20H25NO3/c1-14-6-7-15(13-22)12-21(14)20(23)10-17-5-3-4-16-8-9-18(24-2)11-19(16)17/h3-5,8-9,11,14-15,22H,6-7,10,12-13H2,1-2H3. The first-order valence-electron chi connectivity index (χ1n) is 8.58. The van der Waals surface area contributed by atoms with Crippen molar-refractivity contribution in [1.82, 2.24) is 4.90 Å². The van der Waals surface area contributed by atoms with Crippen molar-refractivity contribution in [3.63, 3.8) is 0 Å². The van der Waals surface area contributed by atoms with Crippen molar-refractivity contribution < 1.29 is 14.6 Å². The second kappa shape index (κ2) is 7.22. The summed E-state index contributed by atoms with van der Waals surface area (Å²) in [6.07, 6.45) is 2.33. The Kier molecular flexibility index (Phi) is 5.05. The molecule has 4 nitrogen and oxygen atoms in total. The molecule has 0 bridgehead atoms. The number of carbonyl (C=O) groups excluding carboxylic acids is 1. The number of amides is 1. The number of benzene rings is 2. The van der Waals surface area contributed by atoms with Crippen molar-refractivity contribution in [1.29, 1.82) is 0 Å². The summed E-state index contributed by atoms with van der Waals surface area (Å²) in [6.45, 7) is 2.91. The number of fused-ring (bicyclic) bond motifs is 1. The molecule has 1 heterocycles. The molecule has 1 fully saturated rings. The van der Waals surface area contributed by atoms with Crippen molar-refractivity contribution >= 4 is 16.7 Å². The maximum atomic E-state index is 12.9. The summed E-state index contributed by atoms with van der Waals surface area (Å²) in [5, 5.41) is 11.6. The molecule has 1 aliphatic heterocycles. The van der Waals surface area contributed by atoms with Gasteiger partial charge in [0.05, 0.1) is 13.5 Å². The minimum atomic E-state index is 0.135. The third-order valence-corrected chi connectivity index (χ3v) is 5.08. The van der Waals surface area contributed by atoms with Gasteiger partial charge in [0, 0.05) is 19.2 Å². The molecule has 1 amide bonds. The molecule has 1 saturated heterocycles. The number of hydrogen-bond acceptors (Lipinski definition) is 3. The zero-order valence-corrected chi connectivity index (χ0v) is 14.4. The molecule has 1 N–H and O–H groups in total. The molecule has 0 saturated carbocycles. The van der Waals surface area contributed by atoms with Gasteiger partial charge < -0.3 is 14.7 Å². The molecule has 1 aliphatic rings. The predicted molar refractivity (Wildman–Crippen MR) is 95.2 cm³/mol. The van der Waals surface area contributed by atoms with E-state index in [4.69, 9.17) is 4.74 Å². The van der Waals surface area contributed by atoms with Gasteiger partial charge in [-0.25, -0.2) is 0 Å². The van der Waals surface area contributed by atoms with E-state index in [9.17, 15) is 9.90 Å². The zero-order valence-electron chi connectivity index (χ0n) is 14.4. The van der Waals surface area contributed by atoms with E-state index in [1.165, 1.54) is 0 Å². The number of rotatable bonds is 4. The molecule has 2 unspecified atom stereocenters. The maximum absolute atomic E-state index is 12.9. The second-order valence-electron chi connectivity index (χ2n) is 6.70. The SMILES string of the molecule is COc1ccc2cccc(CC(=O)N3CC(CO)CCC3C)c2c1. The van der Waals surface area contributed by atoms with Crippen LogP contribution in [0.3, 0.4) is 0 Å². The summed E-state index contributed by atoms with van der Waals surface area (Å²) in [7, 11) is 1.65. The number of carbonyl (C=O) groups is 1. The van der Waals surface area contributed by atoms with E-state index in [-0.39, 0.29) is 24.5 Å². The molecular weight excluding hydrogens is 302 g/mol. The van der Waals surface area contributed by atoms with E-state index < -0.39 is 0 Å². The molecule has 0 aliphatic carbocycles. The summed E-state index contributed by atoms with van der Waals surface area (Å²) in [6, 6.07) is 12.2. The molecule has 4 heteroatoms. The lowest BCUT2D eigenvalue weighted by molar-refractivity contribution is -0.135. The van der Waals surface area contributed by atoms with Crippen LogP contribution in [0.15, 0.2) is 36.4 Å². The van der Waals surface area contributed by atoms with E-state index >= 15 is 0 Å². The van der Waals surface area contributed by atoms with E-state index in [2.05, 4.69) is 6.92 Å². The van der Waals surface area contributed by atoms with Crippen LogP contribution in [0, 0.1) is 5.92 Å². The van der Waals surface area contributed by atoms with Gasteiger partial charge in [-0.1, -0.05) is 24.3 Å². The number of methoxy groups -OCH3 is 1. The second-order valence-corrected chi connectivity index (χ2v) is 6.70. The van der Waals surface area contributed by atoms with Gasteiger partial charge in [0.25, 0.3) is 0 Å². The van der Waals surface area contributed by atoms with Gasteiger partial charge in [0.15, 0.2) is 0 Å². The highest BCUT2D eigenvalue weighted by molar-refractivity contribution is 5.91. The van der Waals surface area contributed by atoms with Gasteiger partial charge in [-0.3, -0.25) is 4.79 Å². The number of hydrogen-bond donors (Lipinski definition) is 1. The van der Waals surface area contributed by atoms with Gasteiger partial charge in [-0.15, -0.1) is 0 Å². The van der Waals surface area contributed by atoms with Crippen LogP contribution in [-0.4, -0.2) is 42.2 Å². The molecule has 24 heavy (non-hydrogen) atoms. The summed E-state index contributed by atoms with van der Waals surface area (Å²) >= 11 is 0. The van der Waals surface area contributed by atoms with Crippen LogP contribution in [0.25, 0.3) is 10.8 Å². The van der Waals surface area contributed by atoms with Crippen molar-refractivity contribution in [2.45, 2.75) is 32.2 Å². The van der Waals surface area contributed by atoms with Crippen LogP contribution >= 0.6 is 0 Å². The van der Waals surface area contributed by atoms with Gasteiger partial charge in [-0.2, -0.15) is 0 Å². The van der Waals surface area contributed by atoms with Crippen molar-refractivity contribution in [3.8, 4) is 5.75 Å². The lowest BCUT2D eigenvalue weighted by Crippen LogP contribution is -2.46. The molecule has 128 valence electrons. The molecule has 0 radical (unpaired) electrons. The lowest BCUT2D eigenvalue weighted by Gasteiger charge is -2.37. The Balaban J connectivity index is 1.84. The van der Waals surface area contributed by atoms with Gasteiger partial charge in [0.2, 0.25) is 5.91 Å². The third-order valence-electron chi connectivity index (χ3n) is 5.08. The van der Waals surface area contributed by atoms with E-state index in [0.717, 1.165) is 34.9 Å². The highest BCUT2D eigenvalue weighted by Crippen LogP contribution is 2.26. The summed E-state index contributed by atoms with van der Waals surface area (Å²) in [5.41, 5.74) is 1.02. The molecular formula is C20H25NO3.